The molecule has 0 amide bonds. The smallest absolute Gasteiger partial charge is 0.0431 e. The fourth-order valence-corrected chi connectivity index (χ4v) is 2.13. The van der Waals surface area contributed by atoms with Crippen molar-refractivity contribution in [3.8, 4) is 0 Å². The Morgan fingerprint density at radius 2 is 1.83 bits per heavy atom. The predicted molar refractivity (Wildman–Crippen MR) is 52.1 cm³/mol. The lowest BCUT2D eigenvalue weighted by atomic mass is 9.72. The SMILES string of the molecule is CC1(C)CCC(CCCO)CC1. The molecule has 0 bridgehead atoms. The fraction of sp³-hybridized carbons (Fsp3) is 1.00. The summed E-state index contributed by atoms with van der Waals surface area (Å²) in [6.07, 6.45) is 7.77. The molecule has 0 aromatic carbocycles. The van der Waals surface area contributed by atoms with Crippen LogP contribution in [0.3, 0.4) is 0 Å². The van der Waals surface area contributed by atoms with E-state index < -0.39 is 0 Å². The molecule has 1 fully saturated rings. The highest BCUT2D eigenvalue weighted by Crippen LogP contribution is 2.39. The lowest BCUT2D eigenvalue weighted by Crippen LogP contribution is -2.21. The maximum Gasteiger partial charge on any atom is 0.0431 e. The summed E-state index contributed by atoms with van der Waals surface area (Å²) < 4.78 is 0. The van der Waals surface area contributed by atoms with Gasteiger partial charge in [0.2, 0.25) is 0 Å². The van der Waals surface area contributed by atoms with Gasteiger partial charge in [0, 0.05) is 6.61 Å². The molecule has 1 N–H and O–H groups in total. The summed E-state index contributed by atoms with van der Waals surface area (Å²) in [5.74, 6) is 0.908. The molecule has 0 saturated heterocycles. The Morgan fingerprint density at radius 1 is 1.25 bits per heavy atom. The summed E-state index contributed by atoms with van der Waals surface area (Å²) in [4.78, 5) is 0. The van der Waals surface area contributed by atoms with Gasteiger partial charge in [0.15, 0.2) is 0 Å². The average Bonchev–Trinajstić information content (AvgIpc) is 2.03. The highest BCUT2D eigenvalue weighted by atomic mass is 16.2. The van der Waals surface area contributed by atoms with Gasteiger partial charge in [-0.1, -0.05) is 13.8 Å². The topological polar surface area (TPSA) is 20.2 Å². The third kappa shape index (κ3) is 3.14. The number of hydrogen-bond donors (Lipinski definition) is 1. The minimum Gasteiger partial charge on any atom is -0.396 e. The van der Waals surface area contributed by atoms with E-state index in [9.17, 15) is 0 Å². The number of aliphatic hydroxyl groups is 1. The molecule has 72 valence electrons. The van der Waals surface area contributed by atoms with Gasteiger partial charge >= 0.3 is 0 Å². The van der Waals surface area contributed by atoms with Crippen LogP contribution in [-0.2, 0) is 0 Å². The first-order valence-corrected chi connectivity index (χ1v) is 5.25. The Balaban J connectivity index is 2.18. The van der Waals surface area contributed by atoms with E-state index in [-0.39, 0.29) is 0 Å². The Bertz CT molecular complexity index is 119. The summed E-state index contributed by atoms with van der Waals surface area (Å²) in [5, 5.41) is 8.70. The zero-order valence-corrected chi connectivity index (χ0v) is 8.47. The lowest BCUT2D eigenvalue weighted by molar-refractivity contribution is 0.174. The van der Waals surface area contributed by atoms with Crippen molar-refractivity contribution in [1.29, 1.82) is 0 Å². The first kappa shape index (κ1) is 10.0. The Morgan fingerprint density at radius 3 is 2.33 bits per heavy atom. The molecule has 0 spiro atoms. The largest absolute Gasteiger partial charge is 0.396 e. The molecule has 0 aromatic heterocycles. The third-order valence-corrected chi connectivity index (χ3v) is 3.23. The molecule has 0 unspecified atom stereocenters. The predicted octanol–water partition coefficient (Wildman–Crippen LogP) is 2.98. The van der Waals surface area contributed by atoms with Gasteiger partial charge in [0.1, 0.15) is 0 Å². The van der Waals surface area contributed by atoms with Gasteiger partial charge in [-0.05, 0) is 49.9 Å². The summed E-state index contributed by atoms with van der Waals surface area (Å²) in [7, 11) is 0. The maximum atomic E-state index is 8.70. The Hall–Kier alpha value is -0.0400. The lowest BCUT2D eigenvalue weighted by Gasteiger charge is -2.34. The second-order valence-electron chi connectivity index (χ2n) is 4.97. The van der Waals surface area contributed by atoms with E-state index in [2.05, 4.69) is 13.8 Å². The van der Waals surface area contributed by atoms with Gasteiger partial charge in [0.05, 0.1) is 0 Å². The third-order valence-electron chi connectivity index (χ3n) is 3.23. The van der Waals surface area contributed by atoms with Crippen molar-refractivity contribution in [2.45, 2.75) is 52.4 Å². The summed E-state index contributed by atoms with van der Waals surface area (Å²) in [6, 6.07) is 0. The Kier molecular flexibility index (Phi) is 3.57. The molecular formula is C11H22O. The van der Waals surface area contributed by atoms with Crippen LogP contribution in [0.2, 0.25) is 0 Å². The average molecular weight is 170 g/mol. The summed E-state index contributed by atoms with van der Waals surface area (Å²) in [6.45, 7) is 5.12. The monoisotopic (exact) mass is 170 g/mol. The van der Waals surface area contributed by atoms with E-state index in [1.807, 2.05) is 0 Å². The van der Waals surface area contributed by atoms with Crippen LogP contribution < -0.4 is 0 Å². The van der Waals surface area contributed by atoms with E-state index >= 15 is 0 Å². The van der Waals surface area contributed by atoms with Gasteiger partial charge in [-0.25, -0.2) is 0 Å². The summed E-state index contributed by atoms with van der Waals surface area (Å²) in [5.41, 5.74) is 0.593. The summed E-state index contributed by atoms with van der Waals surface area (Å²) >= 11 is 0. The van der Waals surface area contributed by atoms with Crippen molar-refractivity contribution >= 4 is 0 Å². The highest BCUT2D eigenvalue weighted by Gasteiger charge is 2.26. The van der Waals surface area contributed by atoms with Crippen LogP contribution in [0.5, 0.6) is 0 Å². The number of hydrogen-bond acceptors (Lipinski definition) is 1. The first-order chi connectivity index (χ1) is 5.64. The molecular weight excluding hydrogens is 148 g/mol. The number of aliphatic hydroxyl groups excluding tert-OH is 1. The van der Waals surface area contributed by atoms with Crippen LogP contribution in [0.25, 0.3) is 0 Å². The Labute approximate surface area is 76.2 Å². The van der Waals surface area contributed by atoms with Crippen molar-refractivity contribution in [3.63, 3.8) is 0 Å². The van der Waals surface area contributed by atoms with Crippen LogP contribution in [0.4, 0.5) is 0 Å². The normalized spacial score (nSPS) is 24.2. The van der Waals surface area contributed by atoms with Crippen LogP contribution in [-0.4, -0.2) is 11.7 Å². The van der Waals surface area contributed by atoms with Gasteiger partial charge < -0.3 is 5.11 Å². The first-order valence-electron chi connectivity index (χ1n) is 5.25. The van der Waals surface area contributed by atoms with E-state index in [4.69, 9.17) is 5.11 Å². The molecule has 0 aliphatic heterocycles. The molecule has 0 heterocycles. The standard InChI is InChI=1S/C11H22O/c1-11(2)7-5-10(6-8-11)4-3-9-12/h10,12H,3-9H2,1-2H3. The number of rotatable bonds is 3. The molecule has 1 saturated carbocycles. The molecule has 12 heavy (non-hydrogen) atoms. The maximum absolute atomic E-state index is 8.70. The van der Waals surface area contributed by atoms with Gasteiger partial charge in [-0.15, -0.1) is 0 Å². The van der Waals surface area contributed by atoms with Gasteiger partial charge in [-0.2, -0.15) is 0 Å². The van der Waals surface area contributed by atoms with E-state index in [0.717, 1.165) is 12.3 Å². The second kappa shape index (κ2) is 4.27. The molecule has 1 nitrogen and oxygen atoms in total. The minimum atomic E-state index is 0.375. The molecule has 1 heteroatoms. The van der Waals surface area contributed by atoms with E-state index in [1.54, 1.807) is 0 Å². The molecule has 0 radical (unpaired) electrons. The van der Waals surface area contributed by atoms with Crippen LogP contribution >= 0.6 is 0 Å². The van der Waals surface area contributed by atoms with Crippen molar-refractivity contribution in [1.82, 2.24) is 0 Å². The molecule has 1 rings (SSSR count). The quantitative estimate of drug-likeness (QED) is 0.690. The highest BCUT2D eigenvalue weighted by molar-refractivity contribution is 4.78. The van der Waals surface area contributed by atoms with Crippen molar-refractivity contribution in [2.75, 3.05) is 6.61 Å². The minimum absolute atomic E-state index is 0.375. The zero-order chi connectivity index (χ0) is 9.03. The van der Waals surface area contributed by atoms with Crippen LogP contribution in [0, 0.1) is 11.3 Å². The van der Waals surface area contributed by atoms with Gasteiger partial charge in [-0.3, -0.25) is 0 Å². The van der Waals surface area contributed by atoms with E-state index in [0.29, 0.717) is 12.0 Å². The molecule has 1 aliphatic rings. The van der Waals surface area contributed by atoms with Crippen LogP contribution in [0.15, 0.2) is 0 Å². The fourth-order valence-electron chi connectivity index (χ4n) is 2.13. The van der Waals surface area contributed by atoms with Crippen LogP contribution in [0.1, 0.15) is 52.4 Å². The molecule has 1 aliphatic carbocycles. The van der Waals surface area contributed by atoms with Crippen molar-refractivity contribution in [3.05, 3.63) is 0 Å². The molecule has 0 aromatic rings. The van der Waals surface area contributed by atoms with E-state index in [1.165, 1.54) is 32.1 Å². The second-order valence-corrected chi connectivity index (χ2v) is 4.97. The zero-order valence-electron chi connectivity index (χ0n) is 8.47. The molecule has 0 atom stereocenters. The van der Waals surface area contributed by atoms with Crippen molar-refractivity contribution in [2.24, 2.45) is 11.3 Å². The van der Waals surface area contributed by atoms with Gasteiger partial charge in [0.25, 0.3) is 0 Å². The van der Waals surface area contributed by atoms with Crippen molar-refractivity contribution < 1.29 is 5.11 Å².